The van der Waals surface area contributed by atoms with Crippen LogP contribution in [-0.4, -0.2) is 0 Å². The van der Waals surface area contributed by atoms with Crippen LogP contribution in [0.5, 0.6) is 0 Å². The van der Waals surface area contributed by atoms with E-state index in [1.54, 1.807) is 0 Å². The second-order valence-corrected chi connectivity index (χ2v) is 19.7. The van der Waals surface area contributed by atoms with Crippen molar-refractivity contribution in [2.75, 3.05) is 9.80 Å². The highest BCUT2D eigenvalue weighted by atomic mass is 32.2. The Morgan fingerprint density at radius 1 is 0.379 bits per heavy atom. The van der Waals surface area contributed by atoms with Crippen LogP contribution < -0.4 is 9.80 Å². The Labute approximate surface area is 392 Å². The van der Waals surface area contributed by atoms with E-state index in [1.807, 2.05) is 23.5 Å². The van der Waals surface area contributed by atoms with Crippen molar-refractivity contribution in [2.24, 2.45) is 0 Å². The van der Waals surface area contributed by atoms with Crippen LogP contribution in [0.1, 0.15) is 23.6 Å². The second-order valence-electron chi connectivity index (χ2n) is 17.5. The molecule has 0 bridgehead atoms. The molecule has 0 saturated heterocycles. The van der Waals surface area contributed by atoms with Gasteiger partial charge >= 0.3 is 0 Å². The van der Waals surface area contributed by atoms with Gasteiger partial charge in [-0.05, 0) is 111 Å². The van der Waals surface area contributed by atoms with Crippen LogP contribution in [0.2, 0.25) is 0 Å². The van der Waals surface area contributed by atoms with Crippen molar-refractivity contribution < 1.29 is 0 Å². The van der Waals surface area contributed by atoms with Crippen LogP contribution in [0.15, 0.2) is 238 Å². The van der Waals surface area contributed by atoms with E-state index < -0.39 is 0 Å². The zero-order valence-corrected chi connectivity index (χ0v) is 37.5. The van der Waals surface area contributed by atoms with E-state index in [1.165, 1.54) is 119 Å². The smallest absolute Gasteiger partial charge is 0.0632 e. The molecule has 2 heterocycles. The summed E-state index contributed by atoms with van der Waals surface area (Å²) in [5.41, 5.74) is 13.8. The number of anilines is 5. The van der Waals surface area contributed by atoms with Gasteiger partial charge in [-0.1, -0.05) is 193 Å². The van der Waals surface area contributed by atoms with E-state index in [0.29, 0.717) is 0 Å². The molecule has 66 heavy (non-hydrogen) atoms. The maximum atomic E-state index is 2.60. The summed E-state index contributed by atoms with van der Waals surface area (Å²) >= 11 is 3.82. The van der Waals surface area contributed by atoms with Gasteiger partial charge in [0, 0.05) is 63.6 Å². The number of hydrogen-bond donors (Lipinski definition) is 0. The van der Waals surface area contributed by atoms with Gasteiger partial charge in [0.1, 0.15) is 0 Å². The van der Waals surface area contributed by atoms with Gasteiger partial charge in [-0.25, -0.2) is 0 Å². The number of hydrogen-bond acceptors (Lipinski definition) is 4. The molecule has 0 aromatic heterocycles. The molecular weight excluding hydrogens is 837 g/mol. The van der Waals surface area contributed by atoms with Crippen molar-refractivity contribution in [1.82, 2.24) is 0 Å². The summed E-state index contributed by atoms with van der Waals surface area (Å²) in [4.78, 5) is 10.3. The highest BCUT2D eigenvalue weighted by Crippen LogP contribution is 2.57. The van der Waals surface area contributed by atoms with Gasteiger partial charge in [-0.15, -0.1) is 0 Å². The summed E-state index contributed by atoms with van der Waals surface area (Å²) in [6, 6.07) is 79.2. The molecule has 0 amide bonds. The third kappa shape index (κ3) is 5.85. The third-order valence-corrected chi connectivity index (χ3v) is 16.2. The van der Waals surface area contributed by atoms with E-state index in [-0.39, 0.29) is 6.04 Å². The second kappa shape index (κ2) is 15.0. The standard InChI is InChI=1S/C62H40N2S2/c1-5-21-45-39(13-1)17-9-25-53(45)63(54-26-10-18-40-14-2-6-22-46(40)54)43-29-31-49-51-33-34-52-50-32-30-44(38-60(50)66-58-36-35-57(61(51)62(52)58)65-59(49)37-43)64(55-27-11-19-41-15-3-7-23-47(41)55)56-28-12-20-42-16-4-8-24-48(42)56/h1-27,29-38,56H,28H2. The molecule has 0 fully saturated rings. The van der Waals surface area contributed by atoms with E-state index in [2.05, 4.69) is 234 Å². The summed E-state index contributed by atoms with van der Waals surface area (Å²) < 4.78 is 0. The monoisotopic (exact) mass is 876 g/mol. The fourth-order valence-corrected chi connectivity index (χ4v) is 13.3. The molecule has 310 valence electrons. The van der Waals surface area contributed by atoms with Gasteiger partial charge in [-0.2, -0.15) is 0 Å². The lowest BCUT2D eigenvalue weighted by Crippen LogP contribution is -2.25. The first-order valence-electron chi connectivity index (χ1n) is 22.8. The SMILES string of the molecule is C1=Cc2ccccc2C(N(c2ccc3c(c2)Sc2ccc4c5c(ccc-3c25)-c2ccc(N(c3cccc5ccccc35)c3cccc5ccccc35)cc2S4)c2cccc3ccccc23)C1. The van der Waals surface area contributed by atoms with Crippen molar-refractivity contribution in [3.8, 4) is 22.3 Å². The number of benzene rings is 11. The zero-order chi connectivity index (χ0) is 43.3. The Balaban J connectivity index is 0.891. The summed E-state index contributed by atoms with van der Waals surface area (Å²) in [6.07, 6.45) is 5.56. The van der Waals surface area contributed by atoms with Gasteiger partial charge < -0.3 is 9.80 Å². The summed E-state index contributed by atoms with van der Waals surface area (Å²) in [6.45, 7) is 0. The van der Waals surface area contributed by atoms with Crippen LogP contribution in [-0.2, 0) is 0 Å². The largest absolute Gasteiger partial charge is 0.333 e. The molecule has 11 aromatic carbocycles. The highest BCUT2D eigenvalue weighted by molar-refractivity contribution is 8.00. The van der Waals surface area contributed by atoms with Crippen LogP contribution >= 0.6 is 23.5 Å². The molecule has 0 radical (unpaired) electrons. The highest BCUT2D eigenvalue weighted by Gasteiger charge is 2.31. The van der Waals surface area contributed by atoms with Gasteiger partial charge in [0.05, 0.1) is 17.4 Å². The minimum absolute atomic E-state index is 0.158. The van der Waals surface area contributed by atoms with Crippen LogP contribution in [0.25, 0.3) is 71.4 Å². The molecule has 1 aliphatic carbocycles. The Morgan fingerprint density at radius 2 is 0.848 bits per heavy atom. The Bertz CT molecular complexity index is 3750. The average Bonchev–Trinajstić information content (AvgIpc) is 3.38. The molecule has 1 atom stereocenters. The first-order valence-corrected chi connectivity index (χ1v) is 24.4. The molecule has 0 saturated carbocycles. The Kier molecular flexibility index (Phi) is 8.62. The van der Waals surface area contributed by atoms with Gasteiger partial charge in [0.25, 0.3) is 0 Å². The van der Waals surface area contributed by atoms with Crippen molar-refractivity contribution in [1.29, 1.82) is 0 Å². The fraction of sp³-hybridized carbons (Fsp3) is 0.0323. The molecule has 11 aromatic rings. The molecule has 2 nitrogen and oxygen atoms in total. The normalized spacial score (nSPS) is 14.3. The maximum absolute atomic E-state index is 2.60. The Morgan fingerprint density at radius 3 is 1.45 bits per heavy atom. The predicted molar refractivity (Wildman–Crippen MR) is 282 cm³/mol. The van der Waals surface area contributed by atoms with Crippen molar-refractivity contribution >= 4 is 101 Å². The van der Waals surface area contributed by atoms with Crippen LogP contribution in [0, 0.1) is 0 Å². The van der Waals surface area contributed by atoms with Gasteiger partial charge in [0.2, 0.25) is 0 Å². The minimum atomic E-state index is 0.158. The van der Waals surface area contributed by atoms with Gasteiger partial charge in [-0.3, -0.25) is 0 Å². The molecule has 0 spiro atoms. The quantitative estimate of drug-likeness (QED) is 0.164. The third-order valence-electron chi connectivity index (χ3n) is 13.9. The van der Waals surface area contributed by atoms with E-state index in [0.717, 1.165) is 12.1 Å². The minimum Gasteiger partial charge on any atom is -0.333 e. The molecule has 3 aliphatic rings. The number of rotatable bonds is 6. The molecule has 4 heteroatoms. The van der Waals surface area contributed by atoms with Crippen molar-refractivity contribution in [2.45, 2.75) is 32.0 Å². The summed E-state index contributed by atoms with van der Waals surface area (Å²) in [5, 5.41) is 10.2. The van der Waals surface area contributed by atoms with Crippen LogP contribution in [0.4, 0.5) is 28.4 Å². The Hall–Kier alpha value is -7.50. The lowest BCUT2D eigenvalue weighted by molar-refractivity contribution is 0.703. The molecule has 2 aliphatic heterocycles. The average molecular weight is 877 g/mol. The zero-order valence-electron chi connectivity index (χ0n) is 35.9. The topological polar surface area (TPSA) is 6.48 Å². The molecule has 14 rings (SSSR count). The van der Waals surface area contributed by atoms with E-state index >= 15 is 0 Å². The summed E-state index contributed by atoms with van der Waals surface area (Å²) in [5.74, 6) is 0. The number of fused-ring (bicyclic) bond motifs is 8. The number of nitrogens with zero attached hydrogens (tertiary/aromatic N) is 2. The molecular formula is C62H40N2S2. The van der Waals surface area contributed by atoms with Gasteiger partial charge in [0.15, 0.2) is 0 Å². The molecule has 0 N–H and O–H groups in total. The van der Waals surface area contributed by atoms with Crippen molar-refractivity contribution in [3.05, 3.63) is 230 Å². The molecule has 1 unspecified atom stereocenters. The maximum Gasteiger partial charge on any atom is 0.0632 e. The van der Waals surface area contributed by atoms with Crippen molar-refractivity contribution in [3.63, 3.8) is 0 Å². The van der Waals surface area contributed by atoms with Crippen LogP contribution in [0.3, 0.4) is 0 Å². The lowest BCUT2D eigenvalue weighted by Gasteiger charge is -2.37. The fourth-order valence-electron chi connectivity index (χ4n) is 11.0. The van der Waals surface area contributed by atoms with E-state index in [9.17, 15) is 0 Å². The lowest BCUT2D eigenvalue weighted by atomic mass is 9.89. The first kappa shape index (κ1) is 37.8. The predicted octanol–water partition coefficient (Wildman–Crippen LogP) is 18.3. The first-order chi connectivity index (χ1) is 32.7. The summed E-state index contributed by atoms with van der Waals surface area (Å²) in [7, 11) is 0. The van der Waals surface area contributed by atoms with E-state index in [4.69, 9.17) is 0 Å².